The predicted molar refractivity (Wildman–Crippen MR) is 92.2 cm³/mol. The number of hydrogen-bond donors (Lipinski definition) is 0. The summed E-state index contributed by atoms with van der Waals surface area (Å²) >= 11 is 0. The molecule has 0 bridgehead atoms. The van der Waals surface area contributed by atoms with Crippen LogP contribution in [0.1, 0.15) is 23.6 Å². The van der Waals surface area contributed by atoms with Gasteiger partial charge < -0.3 is 4.74 Å². The van der Waals surface area contributed by atoms with Gasteiger partial charge in [-0.15, -0.1) is 0 Å². The third kappa shape index (κ3) is 6.13. The normalized spacial score (nSPS) is 9.33. The maximum absolute atomic E-state index is 5.77. The molecule has 0 N–H and O–H groups in total. The van der Waals surface area contributed by atoms with Crippen molar-refractivity contribution in [1.29, 1.82) is 0 Å². The van der Waals surface area contributed by atoms with Crippen molar-refractivity contribution in [3.63, 3.8) is 0 Å². The fraction of sp³-hybridized carbons (Fsp3) is 0.200. The van der Waals surface area contributed by atoms with Gasteiger partial charge in [0.25, 0.3) is 0 Å². The Hall–Kier alpha value is -2.28. The Balaban J connectivity index is 0.000000383. The Bertz CT molecular complexity index is 606. The number of ether oxygens (including phenoxy) is 1. The summed E-state index contributed by atoms with van der Waals surface area (Å²) in [6, 6.07) is 14.2. The first-order valence-electron chi connectivity index (χ1n) is 7.02. The first-order valence-corrected chi connectivity index (χ1v) is 7.02. The summed E-state index contributed by atoms with van der Waals surface area (Å²) in [6.07, 6.45) is 1.72. The molecule has 0 aliphatic rings. The van der Waals surface area contributed by atoms with Crippen LogP contribution >= 0.6 is 0 Å². The van der Waals surface area contributed by atoms with Crippen molar-refractivity contribution in [2.45, 2.75) is 27.7 Å². The predicted octanol–water partition coefficient (Wildman–Crippen LogP) is 6.15. The molecule has 0 unspecified atom stereocenters. The van der Waals surface area contributed by atoms with E-state index in [1.807, 2.05) is 25.1 Å². The molecule has 2 rings (SSSR count). The minimum absolute atomic E-state index is 0.883. The molecule has 0 amide bonds. The summed E-state index contributed by atoms with van der Waals surface area (Å²) in [4.78, 5) is 0. The Labute approximate surface area is 128 Å². The molecule has 2 aromatic carbocycles. The Morgan fingerprint density at radius 3 is 1.90 bits per heavy atom. The summed E-state index contributed by atoms with van der Waals surface area (Å²) < 4.78 is 5.77. The zero-order chi connectivity index (χ0) is 15.8. The maximum atomic E-state index is 5.77. The Morgan fingerprint density at radius 2 is 1.43 bits per heavy atom. The highest BCUT2D eigenvalue weighted by Gasteiger charge is 1.99. The van der Waals surface area contributed by atoms with E-state index in [2.05, 4.69) is 58.2 Å². The number of allylic oxidation sites excluding steroid dienone is 2. The van der Waals surface area contributed by atoms with Crippen molar-refractivity contribution >= 4 is 0 Å². The summed E-state index contributed by atoms with van der Waals surface area (Å²) in [5.41, 5.74) is 4.80. The standard InChI is InChI=1S/C15H16O.C5H8/c1-11-4-7-14(8-5-11)16-15-9-6-12(2)13(3)10-15;1-4-5(2)3/h4-10H,1-3H3;4H,1-2H2,3H3. The van der Waals surface area contributed by atoms with Crippen LogP contribution in [0, 0.1) is 20.8 Å². The van der Waals surface area contributed by atoms with Gasteiger partial charge in [0.05, 0.1) is 0 Å². The molecule has 2 aromatic rings. The molecule has 0 atom stereocenters. The number of hydrogen-bond acceptors (Lipinski definition) is 1. The van der Waals surface area contributed by atoms with Crippen LogP contribution in [0.25, 0.3) is 0 Å². The molecule has 110 valence electrons. The number of rotatable bonds is 3. The molecule has 0 spiro atoms. The second-order valence-corrected chi connectivity index (χ2v) is 5.21. The van der Waals surface area contributed by atoms with E-state index < -0.39 is 0 Å². The van der Waals surface area contributed by atoms with E-state index in [-0.39, 0.29) is 0 Å². The van der Waals surface area contributed by atoms with E-state index in [1.165, 1.54) is 16.7 Å². The number of benzene rings is 2. The van der Waals surface area contributed by atoms with Crippen molar-refractivity contribution in [2.75, 3.05) is 0 Å². The lowest BCUT2D eigenvalue weighted by Gasteiger charge is -2.08. The van der Waals surface area contributed by atoms with Crippen LogP contribution in [0.5, 0.6) is 11.5 Å². The molecule has 0 aliphatic heterocycles. The van der Waals surface area contributed by atoms with Gasteiger partial charge in [-0.2, -0.15) is 0 Å². The van der Waals surface area contributed by atoms with E-state index in [0.29, 0.717) is 0 Å². The van der Waals surface area contributed by atoms with Crippen LogP contribution in [0.3, 0.4) is 0 Å². The lowest BCUT2D eigenvalue weighted by molar-refractivity contribution is 0.482. The third-order valence-electron chi connectivity index (χ3n) is 3.08. The molecule has 0 radical (unpaired) electrons. The molecule has 1 heteroatoms. The van der Waals surface area contributed by atoms with Gasteiger partial charge in [0.2, 0.25) is 0 Å². The van der Waals surface area contributed by atoms with Crippen molar-refractivity contribution in [2.24, 2.45) is 0 Å². The summed E-state index contributed by atoms with van der Waals surface area (Å²) in [5, 5.41) is 0. The molecule has 0 heterocycles. The maximum Gasteiger partial charge on any atom is 0.127 e. The van der Waals surface area contributed by atoms with Gasteiger partial charge in [0.15, 0.2) is 0 Å². The van der Waals surface area contributed by atoms with Crippen molar-refractivity contribution in [1.82, 2.24) is 0 Å². The van der Waals surface area contributed by atoms with E-state index in [1.54, 1.807) is 6.08 Å². The average molecular weight is 280 g/mol. The molecule has 0 aliphatic carbocycles. The van der Waals surface area contributed by atoms with Crippen molar-refractivity contribution in [3.8, 4) is 11.5 Å². The van der Waals surface area contributed by atoms with Crippen molar-refractivity contribution in [3.05, 3.63) is 84.0 Å². The summed E-state index contributed by atoms with van der Waals surface area (Å²) in [7, 11) is 0. The Morgan fingerprint density at radius 1 is 0.905 bits per heavy atom. The first-order chi connectivity index (χ1) is 9.92. The zero-order valence-corrected chi connectivity index (χ0v) is 13.4. The van der Waals surface area contributed by atoms with Gasteiger partial charge in [-0.3, -0.25) is 0 Å². The quantitative estimate of drug-likeness (QED) is 0.612. The number of aryl methyl sites for hydroxylation is 3. The topological polar surface area (TPSA) is 9.23 Å². The molecule has 0 fully saturated rings. The van der Waals surface area contributed by atoms with E-state index in [4.69, 9.17) is 4.74 Å². The van der Waals surface area contributed by atoms with Gasteiger partial charge in [-0.25, -0.2) is 0 Å². The van der Waals surface area contributed by atoms with Gasteiger partial charge in [0.1, 0.15) is 11.5 Å². The van der Waals surface area contributed by atoms with Gasteiger partial charge >= 0.3 is 0 Å². The van der Waals surface area contributed by atoms with Gasteiger partial charge in [0, 0.05) is 0 Å². The van der Waals surface area contributed by atoms with Gasteiger partial charge in [-0.1, -0.05) is 48.6 Å². The lowest BCUT2D eigenvalue weighted by atomic mass is 10.1. The highest BCUT2D eigenvalue weighted by Crippen LogP contribution is 2.23. The lowest BCUT2D eigenvalue weighted by Crippen LogP contribution is -1.86. The van der Waals surface area contributed by atoms with Crippen LogP contribution in [-0.4, -0.2) is 0 Å². The van der Waals surface area contributed by atoms with Crippen LogP contribution in [0.2, 0.25) is 0 Å². The Kier molecular flexibility index (Phi) is 6.48. The van der Waals surface area contributed by atoms with Crippen LogP contribution in [0.15, 0.2) is 67.3 Å². The van der Waals surface area contributed by atoms with E-state index in [0.717, 1.165) is 17.1 Å². The third-order valence-corrected chi connectivity index (χ3v) is 3.08. The smallest absolute Gasteiger partial charge is 0.127 e. The SMILES string of the molecule is C=CC(=C)C.Cc1ccc(Oc2ccc(C)c(C)c2)cc1. The molecule has 0 saturated heterocycles. The molecular formula is C20H24O. The molecule has 0 aromatic heterocycles. The van der Waals surface area contributed by atoms with Crippen LogP contribution in [-0.2, 0) is 0 Å². The average Bonchev–Trinajstić information content (AvgIpc) is 2.46. The van der Waals surface area contributed by atoms with Crippen molar-refractivity contribution < 1.29 is 4.74 Å². The monoisotopic (exact) mass is 280 g/mol. The molecular weight excluding hydrogens is 256 g/mol. The second-order valence-electron chi connectivity index (χ2n) is 5.21. The summed E-state index contributed by atoms with van der Waals surface area (Å²) in [6.45, 7) is 15.2. The molecule has 0 saturated carbocycles. The van der Waals surface area contributed by atoms with Crippen LogP contribution < -0.4 is 4.74 Å². The second kappa shape index (κ2) is 8.11. The fourth-order valence-corrected chi connectivity index (χ4v) is 1.52. The van der Waals surface area contributed by atoms with E-state index >= 15 is 0 Å². The minimum Gasteiger partial charge on any atom is -0.457 e. The van der Waals surface area contributed by atoms with Crippen LogP contribution in [0.4, 0.5) is 0 Å². The summed E-state index contributed by atoms with van der Waals surface area (Å²) in [5.74, 6) is 1.78. The van der Waals surface area contributed by atoms with E-state index in [9.17, 15) is 0 Å². The highest BCUT2D eigenvalue weighted by atomic mass is 16.5. The molecule has 21 heavy (non-hydrogen) atoms. The highest BCUT2D eigenvalue weighted by molar-refractivity contribution is 5.37. The minimum atomic E-state index is 0.883. The zero-order valence-electron chi connectivity index (χ0n) is 13.4. The first kappa shape index (κ1) is 16.8. The van der Waals surface area contributed by atoms with Gasteiger partial charge in [-0.05, 0) is 63.1 Å². The largest absolute Gasteiger partial charge is 0.457 e. The fourth-order valence-electron chi connectivity index (χ4n) is 1.52. The molecule has 1 nitrogen and oxygen atoms in total.